The van der Waals surface area contributed by atoms with Gasteiger partial charge in [0.1, 0.15) is 5.76 Å². The fourth-order valence-corrected chi connectivity index (χ4v) is 2.26. The molecule has 0 bridgehead atoms. The summed E-state index contributed by atoms with van der Waals surface area (Å²) in [7, 11) is 0. The fourth-order valence-electron chi connectivity index (χ4n) is 2.26. The summed E-state index contributed by atoms with van der Waals surface area (Å²) < 4.78 is 9.15. The van der Waals surface area contributed by atoms with E-state index < -0.39 is 0 Å². The van der Waals surface area contributed by atoms with Crippen LogP contribution in [0.25, 0.3) is 0 Å². The SMILES string of the molecule is CCn1ccc(C(C)NC(=O)c2ccc(Cn3cccn3)o2)n1. The molecule has 0 radical (unpaired) electrons. The van der Waals surface area contributed by atoms with Crippen molar-refractivity contribution in [2.45, 2.75) is 33.0 Å². The lowest BCUT2D eigenvalue weighted by molar-refractivity contribution is 0.0909. The second kappa shape index (κ2) is 6.51. The summed E-state index contributed by atoms with van der Waals surface area (Å²) in [6.45, 7) is 5.21. The monoisotopic (exact) mass is 313 g/mol. The summed E-state index contributed by atoms with van der Waals surface area (Å²) >= 11 is 0. The van der Waals surface area contributed by atoms with E-state index in [9.17, 15) is 4.79 Å². The Morgan fingerprint density at radius 1 is 1.30 bits per heavy atom. The van der Waals surface area contributed by atoms with E-state index in [4.69, 9.17) is 4.42 Å². The van der Waals surface area contributed by atoms with E-state index in [1.165, 1.54) is 0 Å². The van der Waals surface area contributed by atoms with Crippen LogP contribution in [0.15, 0.2) is 47.3 Å². The molecule has 0 aromatic carbocycles. The molecule has 23 heavy (non-hydrogen) atoms. The molecule has 3 rings (SSSR count). The molecule has 1 unspecified atom stereocenters. The number of furan rings is 1. The summed E-state index contributed by atoms with van der Waals surface area (Å²) in [4.78, 5) is 12.3. The van der Waals surface area contributed by atoms with Crippen molar-refractivity contribution in [3.8, 4) is 0 Å². The van der Waals surface area contributed by atoms with Crippen LogP contribution < -0.4 is 5.32 Å². The second-order valence-corrected chi connectivity index (χ2v) is 5.26. The molecule has 3 aromatic rings. The van der Waals surface area contributed by atoms with Gasteiger partial charge in [0.25, 0.3) is 5.91 Å². The summed E-state index contributed by atoms with van der Waals surface area (Å²) in [5, 5.41) is 11.4. The molecule has 0 aliphatic rings. The first-order valence-corrected chi connectivity index (χ1v) is 7.56. The van der Waals surface area contributed by atoms with Gasteiger partial charge in [-0.2, -0.15) is 10.2 Å². The van der Waals surface area contributed by atoms with Gasteiger partial charge in [0.15, 0.2) is 5.76 Å². The van der Waals surface area contributed by atoms with Crippen LogP contribution in [0, 0.1) is 0 Å². The molecule has 3 aromatic heterocycles. The maximum Gasteiger partial charge on any atom is 0.287 e. The molecule has 1 amide bonds. The van der Waals surface area contributed by atoms with E-state index in [0.29, 0.717) is 12.3 Å². The minimum absolute atomic E-state index is 0.185. The first kappa shape index (κ1) is 15.1. The maximum absolute atomic E-state index is 12.3. The van der Waals surface area contributed by atoms with Gasteiger partial charge < -0.3 is 9.73 Å². The number of amides is 1. The Morgan fingerprint density at radius 2 is 2.17 bits per heavy atom. The number of hydrogen-bond acceptors (Lipinski definition) is 4. The summed E-state index contributed by atoms with van der Waals surface area (Å²) in [6, 6.07) is 7.02. The van der Waals surface area contributed by atoms with Crippen LogP contribution in [0.4, 0.5) is 0 Å². The number of aryl methyl sites for hydroxylation is 1. The van der Waals surface area contributed by atoms with Crippen molar-refractivity contribution in [2.75, 3.05) is 0 Å². The Labute approximate surface area is 133 Å². The first-order valence-electron chi connectivity index (χ1n) is 7.56. The predicted octanol–water partition coefficient (Wildman–Crippen LogP) is 2.23. The number of hydrogen-bond donors (Lipinski definition) is 1. The van der Waals surface area contributed by atoms with Crippen LogP contribution in [0.5, 0.6) is 0 Å². The number of carbonyl (C=O) groups is 1. The zero-order valence-corrected chi connectivity index (χ0v) is 13.1. The predicted molar refractivity (Wildman–Crippen MR) is 83.8 cm³/mol. The second-order valence-electron chi connectivity index (χ2n) is 5.26. The van der Waals surface area contributed by atoms with Gasteiger partial charge in [-0.3, -0.25) is 14.2 Å². The van der Waals surface area contributed by atoms with Crippen molar-refractivity contribution >= 4 is 5.91 Å². The molecule has 7 nitrogen and oxygen atoms in total. The number of carbonyl (C=O) groups excluding carboxylic acids is 1. The molecule has 1 N–H and O–H groups in total. The Balaban J connectivity index is 1.62. The average molecular weight is 313 g/mol. The lowest BCUT2D eigenvalue weighted by atomic mass is 10.2. The smallest absolute Gasteiger partial charge is 0.287 e. The van der Waals surface area contributed by atoms with Crippen molar-refractivity contribution in [3.63, 3.8) is 0 Å². The van der Waals surface area contributed by atoms with Crippen LogP contribution in [0.2, 0.25) is 0 Å². The Hall–Kier alpha value is -2.83. The molecule has 120 valence electrons. The zero-order chi connectivity index (χ0) is 16.2. The zero-order valence-electron chi connectivity index (χ0n) is 13.1. The third-order valence-corrected chi connectivity index (χ3v) is 3.54. The first-order chi connectivity index (χ1) is 11.2. The Bertz CT molecular complexity index is 772. The molecular formula is C16H19N5O2. The fraction of sp³-hybridized carbons (Fsp3) is 0.312. The quantitative estimate of drug-likeness (QED) is 0.757. The van der Waals surface area contributed by atoms with Crippen molar-refractivity contribution in [3.05, 3.63) is 60.1 Å². The minimum Gasteiger partial charge on any atom is -0.454 e. The van der Waals surface area contributed by atoms with Crippen molar-refractivity contribution in [1.82, 2.24) is 24.9 Å². The van der Waals surface area contributed by atoms with Gasteiger partial charge in [-0.05, 0) is 38.1 Å². The highest BCUT2D eigenvalue weighted by Gasteiger charge is 2.16. The maximum atomic E-state index is 12.3. The van der Waals surface area contributed by atoms with Crippen LogP contribution in [-0.4, -0.2) is 25.5 Å². The van der Waals surface area contributed by atoms with Gasteiger partial charge in [0, 0.05) is 25.1 Å². The molecule has 1 atom stereocenters. The number of nitrogens with one attached hydrogen (secondary N) is 1. The molecular weight excluding hydrogens is 294 g/mol. The highest BCUT2D eigenvalue weighted by atomic mass is 16.4. The van der Waals surface area contributed by atoms with Crippen LogP contribution in [0.1, 0.15) is 41.9 Å². The van der Waals surface area contributed by atoms with E-state index in [0.717, 1.165) is 12.2 Å². The molecule has 0 saturated carbocycles. The van der Waals surface area contributed by atoms with Gasteiger partial charge in [-0.15, -0.1) is 0 Å². The molecule has 0 aliphatic carbocycles. The summed E-state index contributed by atoms with van der Waals surface area (Å²) in [6.07, 6.45) is 5.44. The number of rotatable bonds is 6. The normalized spacial score (nSPS) is 12.3. The molecule has 7 heteroatoms. The van der Waals surface area contributed by atoms with Gasteiger partial charge in [0.2, 0.25) is 0 Å². The Morgan fingerprint density at radius 3 is 2.87 bits per heavy atom. The van der Waals surface area contributed by atoms with E-state index >= 15 is 0 Å². The molecule has 0 aliphatic heterocycles. The Kier molecular flexibility index (Phi) is 4.27. The van der Waals surface area contributed by atoms with E-state index in [1.54, 1.807) is 23.0 Å². The number of nitrogens with zero attached hydrogens (tertiary/aromatic N) is 4. The third kappa shape index (κ3) is 3.50. The van der Waals surface area contributed by atoms with Crippen molar-refractivity contribution in [1.29, 1.82) is 0 Å². The summed E-state index contributed by atoms with van der Waals surface area (Å²) in [5.41, 5.74) is 0.823. The van der Waals surface area contributed by atoms with Crippen molar-refractivity contribution < 1.29 is 9.21 Å². The average Bonchev–Trinajstić information content (AvgIpc) is 3.29. The number of aromatic nitrogens is 4. The van der Waals surface area contributed by atoms with Gasteiger partial charge in [-0.1, -0.05) is 0 Å². The van der Waals surface area contributed by atoms with Crippen LogP contribution in [-0.2, 0) is 13.1 Å². The highest BCUT2D eigenvalue weighted by molar-refractivity contribution is 5.91. The van der Waals surface area contributed by atoms with Gasteiger partial charge in [-0.25, -0.2) is 0 Å². The standard InChI is InChI=1S/C16H19N5O2/c1-3-20-10-7-14(19-20)12(2)18-16(22)15-6-5-13(23-15)11-21-9-4-8-17-21/h4-10,12H,3,11H2,1-2H3,(H,18,22). The third-order valence-electron chi connectivity index (χ3n) is 3.54. The highest BCUT2D eigenvalue weighted by Crippen LogP contribution is 2.13. The lowest BCUT2D eigenvalue weighted by Crippen LogP contribution is -2.26. The van der Waals surface area contributed by atoms with Gasteiger partial charge >= 0.3 is 0 Å². The molecule has 0 fully saturated rings. The van der Waals surface area contributed by atoms with Crippen LogP contribution in [0.3, 0.4) is 0 Å². The largest absolute Gasteiger partial charge is 0.454 e. The van der Waals surface area contributed by atoms with Crippen molar-refractivity contribution in [2.24, 2.45) is 0 Å². The minimum atomic E-state index is -0.254. The molecule has 0 spiro atoms. The molecule has 0 saturated heterocycles. The lowest BCUT2D eigenvalue weighted by Gasteiger charge is -2.10. The summed E-state index contributed by atoms with van der Waals surface area (Å²) in [5.74, 6) is 0.714. The van der Waals surface area contributed by atoms with Gasteiger partial charge in [0.05, 0.1) is 18.3 Å². The van der Waals surface area contributed by atoms with E-state index in [2.05, 4.69) is 15.5 Å². The van der Waals surface area contributed by atoms with E-state index in [-0.39, 0.29) is 17.7 Å². The van der Waals surface area contributed by atoms with Crippen LogP contribution >= 0.6 is 0 Å². The topological polar surface area (TPSA) is 77.9 Å². The molecule has 3 heterocycles. The van der Waals surface area contributed by atoms with E-state index in [1.807, 2.05) is 43.1 Å².